The minimum atomic E-state index is 0. The summed E-state index contributed by atoms with van der Waals surface area (Å²) in [5, 5.41) is 11.4. The summed E-state index contributed by atoms with van der Waals surface area (Å²) >= 11 is 1.61. The van der Waals surface area contributed by atoms with Gasteiger partial charge in [-0.2, -0.15) is 5.10 Å². The Morgan fingerprint density at radius 2 is 1.94 bits per heavy atom. The molecule has 2 fully saturated rings. The van der Waals surface area contributed by atoms with Crippen LogP contribution >= 0.6 is 0 Å². The van der Waals surface area contributed by atoms with E-state index in [2.05, 4.69) is 57.1 Å². The van der Waals surface area contributed by atoms with Gasteiger partial charge in [-0.05, 0) is 50.4 Å². The van der Waals surface area contributed by atoms with Crippen molar-refractivity contribution in [1.29, 1.82) is 0 Å². The second kappa shape index (κ2) is 15.1. The molecule has 36 heavy (non-hydrogen) atoms. The molecule has 1 N–H and O–H groups in total. The molecule has 1 aromatic rings. The summed E-state index contributed by atoms with van der Waals surface area (Å²) in [6.45, 7) is 0. The molecule has 0 saturated heterocycles. The van der Waals surface area contributed by atoms with Gasteiger partial charge in [-0.1, -0.05) is 30.9 Å². The standard InChI is InChI=1S/C26H33N5.2CH3.CH2.Os.U/c1-2-6-18(7-3-1)24-11-5-9-21-15-27-26(30-25(21)24)29-22-16-28-31(17-22)23-10-4-8-19-14-20(19)12-13-23;;;;;/h2,7,11,15-21,23,25H,3-6,8-10,12-14H2,(H,29,30);2*1H3;1H2;;/q-2;2*-1;;;+2. The zero-order valence-electron chi connectivity index (χ0n) is 21.8. The van der Waals surface area contributed by atoms with Gasteiger partial charge in [0.1, 0.15) is 0 Å². The molecule has 2 heterocycles. The fourth-order valence-corrected chi connectivity index (χ4v) is 6.11. The molecule has 0 bridgehead atoms. The summed E-state index contributed by atoms with van der Waals surface area (Å²) in [6.07, 6.45) is 29.0. The molecule has 7 heteroatoms. The molecule has 0 amide bonds. The number of aromatic nitrogens is 2. The van der Waals surface area contributed by atoms with E-state index in [1.165, 1.54) is 44.1 Å². The van der Waals surface area contributed by atoms with Crippen LogP contribution in [0.5, 0.6) is 0 Å². The normalized spacial score (nSPS) is 32.0. The number of guanidine groups is 1. The molecule has 5 aliphatic rings. The minimum Gasteiger partial charge on any atom is -0.358 e. The van der Waals surface area contributed by atoms with Gasteiger partial charge in [0.05, 0.1) is 24.0 Å². The van der Waals surface area contributed by atoms with Gasteiger partial charge in [0.25, 0.3) is 0 Å². The van der Waals surface area contributed by atoms with Crippen LogP contribution in [0.15, 0.2) is 40.1 Å². The van der Waals surface area contributed by atoms with Gasteiger partial charge >= 0.3 is 54.3 Å². The fourth-order valence-electron chi connectivity index (χ4n) is 6.11. The molecule has 5 nitrogen and oxygen atoms in total. The summed E-state index contributed by atoms with van der Waals surface area (Å²) < 4.78 is 2.19. The van der Waals surface area contributed by atoms with Gasteiger partial charge in [-0.15, -0.1) is 5.92 Å². The van der Waals surface area contributed by atoms with E-state index in [9.17, 15) is 0 Å². The number of rotatable bonds is 3. The number of anilines is 1. The number of nitrogens with zero attached hydrogens (tertiary/aromatic N) is 4. The van der Waals surface area contributed by atoms with Crippen LogP contribution in [0.25, 0.3) is 0 Å². The summed E-state index contributed by atoms with van der Waals surface area (Å²) in [5.41, 5.74) is 2.48. The summed E-state index contributed by atoms with van der Waals surface area (Å²) in [6, 6.07) is 0.756. The van der Waals surface area contributed by atoms with Crippen molar-refractivity contribution in [3.8, 4) is 0 Å². The first-order chi connectivity index (χ1) is 16.3. The fraction of sp³-hybridized carbons (Fsp3) is 0.552. The number of allylic oxidation sites excluding steroid dienone is 3. The molecule has 1 aliphatic heterocycles. The number of nitrogens with one attached hydrogen (secondary N) is 1. The van der Waals surface area contributed by atoms with Crippen LogP contribution in [0.4, 0.5) is 5.69 Å². The smallest absolute Gasteiger partial charge is 0.358 e. The first-order valence-corrected chi connectivity index (χ1v) is 14.4. The predicted octanol–water partition coefficient (Wildman–Crippen LogP) is 6.42. The van der Waals surface area contributed by atoms with Gasteiger partial charge in [-0.3, -0.25) is 10.8 Å². The molecule has 0 spiro atoms. The Hall–Kier alpha value is -0.612. The summed E-state index contributed by atoms with van der Waals surface area (Å²) in [5.74, 6) is 3.70. The maximum absolute atomic E-state index is 5.07. The van der Waals surface area contributed by atoms with Gasteiger partial charge in [0.2, 0.25) is 5.96 Å². The van der Waals surface area contributed by atoms with Crippen molar-refractivity contribution in [1.82, 2.24) is 9.78 Å². The third-order valence-corrected chi connectivity index (χ3v) is 8.03. The first kappa shape index (κ1) is 31.6. The van der Waals surface area contributed by atoms with E-state index in [4.69, 9.17) is 10.1 Å². The number of fused-ring (bicyclic) bond motifs is 2. The first-order valence-electron chi connectivity index (χ1n) is 12.6. The van der Waals surface area contributed by atoms with Crippen LogP contribution < -0.4 is 5.32 Å². The molecular formula is C29H41N5OsU-2. The molecule has 2 saturated carbocycles. The Labute approximate surface area is 253 Å². The third-order valence-electron chi connectivity index (χ3n) is 8.03. The van der Waals surface area contributed by atoms with Crippen molar-refractivity contribution < 1.29 is 49.3 Å². The quantitative estimate of drug-likeness (QED) is 0.282. The van der Waals surface area contributed by atoms with Crippen molar-refractivity contribution in [3.05, 3.63) is 57.5 Å². The molecule has 6 atom stereocenters. The minimum absolute atomic E-state index is 0. The van der Waals surface area contributed by atoms with Crippen LogP contribution in [0.1, 0.15) is 70.3 Å². The van der Waals surface area contributed by atoms with Crippen molar-refractivity contribution >= 4 is 22.9 Å². The Balaban J connectivity index is 0.000000892. The molecule has 1 aromatic heterocycles. The van der Waals surface area contributed by atoms with E-state index < -0.39 is 0 Å². The van der Waals surface area contributed by atoms with E-state index in [-0.39, 0.29) is 52.0 Å². The maximum Gasteiger partial charge on any atom is 2.00 e. The predicted molar refractivity (Wildman–Crippen MR) is 145 cm³/mol. The van der Waals surface area contributed by atoms with Crippen LogP contribution in [0, 0.1) is 82.1 Å². The van der Waals surface area contributed by atoms with Crippen LogP contribution in [0.2, 0.25) is 0 Å². The number of hydrogen-bond donors (Lipinski definition) is 1. The maximum atomic E-state index is 5.07. The van der Waals surface area contributed by atoms with Crippen molar-refractivity contribution in [2.24, 2.45) is 33.7 Å². The SMILES string of the molecule is [C-]1=CCC(C2=CCCC3C=NC(Nc4cnn(C5CCCC6CC6CC5)c4)=NC23)[CH-]C1.[CH2]=[Os].[CH3-].[CH3-].[U+2]. The number of hydrogen-bond acceptors (Lipinski definition) is 4. The molecule has 4 aliphatic carbocycles. The molecule has 0 aromatic carbocycles. The number of aliphatic imine (C=N–C) groups is 2. The topological polar surface area (TPSA) is 54.6 Å². The Morgan fingerprint density at radius 3 is 2.75 bits per heavy atom. The monoisotopic (exact) mass is 889 g/mol. The molecular weight excluding hydrogens is 847 g/mol. The van der Waals surface area contributed by atoms with Crippen molar-refractivity contribution in [3.63, 3.8) is 0 Å². The van der Waals surface area contributed by atoms with E-state index in [1.54, 1.807) is 18.1 Å². The van der Waals surface area contributed by atoms with Crippen molar-refractivity contribution in [2.75, 3.05) is 5.32 Å². The van der Waals surface area contributed by atoms with Gasteiger partial charge < -0.3 is 39.1 Å². The second-order valence-electron chi connectivity index (χ2n) is 10.1. The summed E-state index contributed by atoms with van der Waals surface area (Å²) in [7, 11) is 0. The van der Waals surface area contributed by atoms with Crippen LogP contribution in [-0.4, -0.2) is 33.1 Å². The zero-order valence-corrected chi connectivity index (χ0v) is 28.6. The third kappa shape index (κ3) is 7.49. The van der Waals surface area contributed by atoms with E-state index in [0.717, 1.165) is 49.2 Å². The van der Waals surface area contributed by atoms with Crippen LogP contribution in [0.3, 0.4) is 0 Å². The molecule has 6 rings (SSSR count). The molecule has 196 valence electrons. The average molecular weight is 888 g/mol. The summed E-state index contributed by atoms with van der Waals surface area (Å²) in [4.78, 5) is 9.74. The Bertz CT molecular complexity index is 951. The molecule has 6 unspecified atom stereocenters. The zero-order chi connectivity index (χ0) is 22.6. The largest absolute Gasteiger partial charge is 2.00 e. The Morgan fingerprint density at radius 1 is 1.11 bits per heavy atom. The van der Waals surface area contributed by atoms with Gasteiger partial charge in [0, 0.05) is 18.3 Å². The molecule has 0 radical (unpaired) electrons. The van der Waals surface area contributed by atoms with Gasteiger partial charge in [0.15, 0.2) is 0 Å². The van der Waals surface area contributed by atoms with E-state index in [0.29, 0.717) is 17.9 Å². The van der Waals surface area contributed by atoms with Gasteiger partial charge in [-0.25, -0.2) is 9.98 Å². The second-order valence-corrected chi connectivity index (χ2v) is 10.1. The Kier molecular flexibility index (Phi) is 13.3. The van der Waals surface area contributed by atoms with Crippen molar-refractivity contribution in [2.45, 2.75) is 76.3 Å². The van der Waals surface area contributed by atoms with Crippen LogP contribution in [-0.2, 0) is 18.1 Å². The average Bonchev–Trinajstić information content (AvgIpc) is 3.42. The van der Waals surface area contributed by atoms with E-state index >= 15 is 0 Å². The van der Waals surface area contributed by atoms with E-state index in [1.807, 2.05) is 6.20 Å².